The third-order valence-corrected chi connectivity index (χ3v) is 2.91. The van der Waals surface area contributed by atoms with Crippen molar-refractivity contribution < 1.29 is 9.90 Å². The van der Waals surface area contributed by atoms with E-state index in [9.17, 15) is 4.79 Å². The van der Waals surface area contributed by atoms with Crippen molar-refractivity contribution in [2.24, 2.45) is 0 Å². The largest absolute Gasteiger partial charge is 0.477 e. The van der Waals surface area contributed by atoms with Crippen LogP contribution in [0.4, 0.5) is 0 Å². The van der Waals surface area contributed by atoms with Gasteiger partial charge in [0.05, 0.1) is 0 Å². The molecule has 0 atom stereocenters. The number of carbonyl (C=O) groups is 1. The summed E-state index contributed by atoms with van der Waals surface area (Å²) in [6, 6.07) is 9.30. The molecule has 1 rings (SSSR count). The van der Waals surface area contributed by atoms with E-state index in [1.54, 1.807) is 6.07 Å². The van der Waals surface area contributed by atoms with Gasteiger partial charge < -0.3 is 5.11 Å². The Bertz CT molecular complexity index is 550. The van der Waals surface area contributed by atoms with Crippen LogP contribution in [-0.4, -0.2) is 11.1 Å². The molecule has 98 valence electrons. The van der Waals surface area contributed by atoms with Gasteiger partial charge in [0, 0.05) is 5.57 Å². The maximum atomic E-state index is 11.1. The van der Waals surface area contributed by atoms with Gasteiger partial charge in [-0.15, -0.1) is 0 Å². The summed E-state index contributed by atoms with van der Waals surface area (Å²) < 4.78 is 0. The molecule has 3 heteroatoms. The molecular formula is C16H17NO2. The number of unbranched alkanes of at least 4 members (excludes halogenated alkanes) is 1. The molecule has 1 aromatic carbocycles. The van der Waals surface area contributed by atoms with Crippen molar-refractivity contribution in [3.63, 3.8) is 0 Å². The zero-order valence-electron chi connectivity index (χ0n) is 11.0. The Hall–Kier alpha value is -2.34. The van der Waals surface area contributed by atoms with Crippen LogP contribution < -0.4 is 0 Å². The first-order valence-electron chi connectivity index (χ1n) is 6.24. The van der Waals surface area contributed by atoms with Crippen molar-refractivity contribution in [2.75, 3.05) is 0 Å². The van der Waals surface area contributed by atoms with Crippen molar-refractivity contribution in [2.45, 2.75) is 26.2 Å². The number of hydrogen-bond donors (Lipinski definition) is 1. The summed E-state index contributed by atoms with van der Waals surface area (Å²) in [5.74, 6) is -1.22. The minimum absolute atomic E-state index is 0.265. The lowest BCUT2D eigenvalue weighted by Crippen LogP contribution is -2.03. The molecule has 0 aliphatic heterocycles. The van der Waals surface area contributed by atoms with E-state index in [1.807, 2.05) is 24.3 Å². The highest BCUT2D eigenvalue weighted by molar-refractivity contribution is 6.03. The predicted molar refractivity (Wildman–Crippen MR) is 75.4 cm³/mol. The zero-order chi connectivity index (χ0) is 14.3. The summed E-state index contributed by atoms with van der Waals surface area (Å²) in [6.07, 6.45) is 4.39. The van der Waals surface area contributed by atoms with Crippen LogP contribution >= 0.6 is 0 Å². The van der Waals surface area contributed by atoms with E-state index < -0.39 is 5.97 Å². The molecule has 0 unspecified atom stereocenters. The van der Waals surface area contributed by atoms with E-state index in [1.165, 1.54) is 6.08 Å². The van der Waals surface area contributed by atoms with Gasteiger partial charge in [-0.3, -0.25) is 0 Å². The Labute approximate surface area is 113 Å². The number of carboxylic acids is 1. The number of benzene rings is 1. The standard InChI is InChI=1S/C16H17NO2/c1-3-5-8-12-9-6-7-10-14(12)13(4-2)15(11-17)16(18)19/h4,6-7,9-10H,2-3,5,8H2,1H3,(H,18,19). The fourth-order valence-corrected chi connectivity index (χ4v) is 1.94. The summed E-state index contributed by atoms with van der Waals surface area (Å²) >= 11 is 0. The average Bonchev–Trinajstić information content (AvgIpc) is 2.42. The maximum absolute atomic E-state index is 11.1. The smallest absolute Gasteiger partial charge is 0.347 e. The lowest BCUT2D eigenvalue weighted by atomic mass is 9.93. The molecule has 0 saturated carbocycles. The maximum Gasteiger partial charge on any atom is 0.347 e. The van der Waals surface area contributed by atoms with Crippen LogP contribution in [0.3, 0.4) is 0 Å². The Balaban J connectivity index is 3.38. The minimum atomic E-state index is -1.22. The number of rotatable bonds is 6. The molecule has 0 saturated heterocycles. The predicted octanol–water partition coefficient (Wildman–Crippen LogP) is 3.58. The second-order valence-corrected chi connectivity index (χ2v) is 4.17. The lowest BCUT2D eigenvalue weighted by Gasteiger charge is -2.10. The number of allylic oxidation sites excluding steroid dienone is 2. The normalized spacial score (nSPS) is 11.4. The van der Waals surface area contributed by atoms with Crippen LogP contribution in [0.1, 0.15) is 30.9 Å². The molecule has 3 nitrogen and oxygen atoms in total. The topological polar surface area (TPSA) is 61.1 Å². The molecule has 0 bridgehead atoms. The summed E-state index contributed by atoms with van der Waals surface area (Å²) in [6.45, 7) is 5.74. The van der Waals surface area contributed by atoms with Crippen LogP contribution in [0.2, 0.25) is 0 Å². The monoisotopic (exact) mass is 255 g/mol. The van der Waals surface area contributed by atoms with Crippen molar-refractivity contribution in [3.8, 4) is 6.07 Å². The number of aryl methyl sites for hydroxylation is 1. The van der Waals surface area contributed by atoms with Gasteiger partial charge in [-0.25, -0.2) is 4.79 Å². The van der Waals surface area contributed by atoms with Gasteiger partial charge >= 0.3 is 5.97 Å². The van der Waals surface area contributed by atoms with E-state index in [0.29, 0.717) is 5.57 Å². The van der Waals surface area contributed by atoms with Gasteiger partial charge in [0.15, 0.2) is 0 Å². The first-order valence-corrected chi connectivity index (χ1v) is 6.24. The fourth-order valence-electron chi connectivity index (χ4n) is 1.94. The molecule has 0 heterocycles. The second kappa shape index (κ2) is 7.17. The minimum Gasteiger partial charge on any atom is -0.477 e. The Kier molecular flexibility index (Phi) is 5.56. The molecule has 0 radical (unpaired) electrons. The summed E-state index contributed by atoms with van der Waals surface area (Å²) in [5.41, 5.74) is 1.96. The quantitative estimate of drug-likeness (QED) is 0.480. The summed E-state index contributed by atoms with van der Waals surface area (Å²) in [5, 5.41) is 18.1. The molecule has 0 aromatic heterocycles. The van der Waals surface area contributed by atoms with Crippen LogP contribution in [0.15, 0.2) is 42.5 Å². The first-order chi connectivity index (χ1) is 9.15. The molecule has 0 spiro atoms. The number of nitrogens with zero attached hydrogens (tertiary/aromatic N) is 1. The Morgan fingerprint density at radius 2 is 2.16 bits per heavy atom. The highest BCUT2D eigenvalue weighted by atomic mass is 16.4. The van der Waals surface area contributed by atoms with Crippen molar-refractivity contribution in [1.82, 2.24) is 0 Å². The molecule has 0 amide bonds. The average molecular weight is 255 g/mol. The van der Waals surface area contributed by atoms with E-state index >= 15 is 0 Å². The van der Waals surface area contributed by atoms with Crippen LogP contribution in [0, 0.1) is 11.3 Å². The van der Waals surface area contributed by atoms with Gasteiger partial charge in [0.25, 0.3) is 0 Å². The molecule has 19 heavy (non-hydrogen) atoms. The van der Waals surface area contributed by atoms with Crippen molar-refractivity contribution >= 4 is 11.5 Å². The number of carboxylic acid groups (broad SMARTS) is 1. The van der Waals surface area contributed by atoms with Gasteiger partial charge in [-0.1, -0.05) is 50.3 Å². The summed E-state index contributed by atoms with van der Waals surface area (Å²) in [4.78, 5) is 11.1. The molecule has 1 aromatic rings. The highest BCUT2D eigenvalue weighted by Crippen LogP contribution is 2.25. The number of nitriles is 1. The van der Waals surface area contributed by atoms with Crippen LogP contribution in [0.25, 0.3) is 5.57 Å². The second-order valence-electron chi connectivity index (χ2n) is 4.17. The third-order valence-electron chi connectivity index (χ3n) is 2.91. The third kappa shape index (κ3) is 3.56. The van der Waals surface area contributed by atoms with E-state index in [2.05, 4.69) is 13.5 Å². The van der Waals surface area contributed by atoms with Crippen molar-refractivity contribution in [1.29, 1.82) is 5.26 Å². The molecule has 1 N–H and O–H groups in total. The van der Waals surface area contributed by atoms with Gasteiger partial charge in [0.1, 0.15) is 11.6 Å². The Morgan fingerprint density at radius 1 is 1.47 bits per heavy atom. The van der Waals surface area contributed by atoms with E-state index in [4.69, 9.17) is 10.4 Å². The van der Waals surface area contributed by atoms with E-state index in [0.717, 1.165) is 30.4 Å². The van der Waals surface area contributed by atoms with Crippen LogP contribution in [-0.2, 0) is 11.2 Å². The highest BCUT2D eigenvalue weighted by Gasteiger charge is 2.15. The fraction of sp³-hybridized carbons (Fsp3) is 0.250. The van der Waals surface area contributed by atoms with Gasteiger partial charge in [-0.05, 0) is 24.0 Å². The van der Waals surface area contributed by atoms with E-state index in [-0.39, 0.29) is 5.57 Å². The number of aliphatic carboxylic acids is 1. The SMILES string of the molecule is C=CC(=C(C#N)C(=O)O)c1ccccc1CCCC. The molecule has 0 aliphatic rings. The molecule has 0 aliphatic carbocycles. The molecular weight excluding hydrogens is 238 g/mol. The number of hydrogen-bond acceptors (Lipinski definition) is 2. The Morgan fingerprint density at radius 3 is 2.68 bits per heavy atom. The van der Waals surface area contributed by atoms with Gasteiger partial charge in [0.2, 0.25) is 0 Å². The van der Waals surface area contributed by atoms with Crippen LogP contribution in [0.5, 0.6) is 0 Å². The van der Waals surface area contributed by atoms with Crippen molar-refractivity contribution in [3.05, 3.63) is 53.6 Å². The van der Waals surface area contributed by atoms with Gasteiger partial charge in [-0.2, -0.15) is 5.26 Å². The molecule has 0 fully saturated rings. The first kappa shape index (κ1) is 14.7. The lowest BCUT2D eigenvalue weighted by molar-refractivity contribution is -0.132. The summed E-state index contributed by atoms with van der Waals surface area (Å²) in [7, 11) is 0. The zero-order valence-corrected chi connectivity index (χ0v) is 11.0.